The highest BCUT2D eigenvalue weighted by Gasteiger charge is 2.38. The average molecular weight is 458 g/mol. The number of carbonyl (C=O) groups excluding carboxylic acids is 1. The number of hydrogen-bond acceptors (Lipinski definition) is 4. The van der Waals surface area contributed by atoms with Gasteiger partial charge in [-0.25, -0.2) is 4.68 Å². The maximum atomic E-state index is 13.5. The number of carbonyl (C=O) groups is 1. The third kappa shape index (κ3) is 3.85. The van der Waals surface area contributed by atoms with E-state index >= 15 is 0 Å². The fraction of sp³-hybridized carbons (Fsp3) is 0.154. The molecule has 1 aromatic heterocycles. The molecule has 166 valence electrons. The molecule has 0 saturated carbocycles. The fourth-order valence-corrected chi connectivity index (χ4v) is 5.23. The Morgan fingerprint density at radius 1 is 0.848 bits per heavy atom. The van der Waals surface area contributed by atoms with Crippen LogP contribution in [0.5, 0.6) is 11.5 Å². The summed E-state index contributed by atoms with van der Waals surface area (Å²) in [6.45, 7) is 1.88. The molecule has 7 heteroatoms. The zero-order valence-electron chi connectivity index (χ0n) is 18.3. The van der Waals surface area contributed by atoms with Gasteiger partial charge in [0.2, 0.25) is 5.91 Å². The molecule has 6 nitrogen and oxygen atoms in total. The van der Waals surface area contributed by atoms with Crippen LogP contribution in [-0.2, 0) is 11.8 Å². The van der Waals surface area contributed by atoms with Crippen LogP contribution in [-0.4, -0.2) is 21.0 Å². The monoisotopic (exact) mass is 457 g/mol. The maximum absolute atomic E-state index is 13.5. The standard InChI is InChI=1S/C26H23N3O3S/c1-18-24(25(31)29(27(18)2)20-9-5-3-6-10-20)28-23(30)17-33-26(28)19-13-15-22(16-14-19)32-21-11-7-4-8-12-21/h3-16,26H,17H2,1-2H3/t26-/m0/s1. The molecule has 1 atom stereocenters. The summed E-state index contributed by atoms with van der Waals surface area (Å²) in [5.74, 6) is 1.74. The Labute approximate surface area is 196 Å². The summed E-state index contributed by atoms with van der Waals surface area (Å²) in [5, 5.41) is -0.277. The lowest BCUT2D eigenvalue weighted by atomic mass is 10.2. The van der Waals surface area contributed by atoms with Crippen molar-refractivity contribution in [3.05, 3.63) is 107 Å². The van der Waals surface area contributed by atoms with Crippen molar-refractivity contribution in [2.75, 3.05) is 10.7 Å². The minimum atomic E-state index is -0.277. The highest BCUT2D eigenvalue weighted by molar-refractivity contribution is 8.00. The molecule has 0 bridgehead atoms. The number of para-hydroxylation sites is 2. The van der Waals surface area contributed by atoms with Crippen molar-refractivity contribution in [1.29, 1.82) is 0 Å². The van der Waals surface area contributed by atoms with Crippen molar-refractivity contribution >= 4 is 23.4 Å². The summed E-state index contributed by atoms with van der Waals surface area (Å²) in [4.78, 5) is 28.1. The van der Waals surface area contributed by atoms with E-state index in [-0.39, 0.29) is 16.8 Å². The summed E-state index contributed by atoms with van der Waals surface area (Å²) >= 11 is 1.52. The predicted octanol–water partition coefficient (Wildman–Crippen LogP) is 5.06. The number of aromatic nitrogens is 2. The van der Waals surface area contributed by atoms with Crippen molar-refractivity contribution < 1.29 is 9.53 Å². The molecule has 1 aliphatic heterocycles. The van der Waals surface area contributed by atoms with E-state index in [1.165, 1.54) is 11.8 Å². The first-order valence-electron chi connectivity index (χ1n) is 10.6. The van der Waals surface area contributed by atoms with E-state index in [1.54, 1.807) is 14.3 Å². The second kappa shape index (κ2) is 8.67. The van der Waals surface area contributed by atoms with E-state index in [4.69, 9.17) is 4.74 Å². The zero-order chi connectivity index (χ0) is 22.9. The van der Waals surface area contributed by atoms with Gasteiger partial charge in [-0.2, -0.15) is 0 Å². The second-order valence-electron chi connectivity index (χ2n) is 7.82. The quantitative estimate of drug-likeness (QED) is 0.421. The van der Waals surface area contributed by atoms with Crippen LogP contribution in [0.3, 0.4) is 0 Å². The number of thioether (sulfide) groups is 1. The van der Waals surface area contributed by atoms with Crippen LogP contribution in [0.1, 0.15) is 16.6 Å². The van der Waals surface area contributed by atoms with Crippen molar-refractivity contribution in [2.24, 2.45) is 7.05 Å². The maximum Gasteiger partial charge on any atom is 0.295 e. The third-order valence-corrected chi connectivity index (χ3v) is 6.99. The van der Waals surface area contributed by atoms with E-state index in [0.717, 1.165) is 22.7 Å². The van der Waals surface area contributed by atoms with Crippen LogP contribution in [0.25, 0.3) is 5.69 Å². The highest BCUT2D eigenvalue weighted by atomic mass is 32.2. The molecule has 1 fully saturated rings. The molecule has 0 spiro atoms. The number of hydrogen-bond donors (Lipinski definition) is 0. The van der Waals surface area contributed by atoms with Gasteiger partial charge in [0.05, 0.1) is 17.1 Å². The number of benzene rings is 3. The lowest BCUT2D eigenvalue weighted by Crippen LogP contribution is -2.33. The van der Waals surface area contributed by atoms with Crippen molar-refractivity contribution in [3.63, 3.8) is 0 Å². The van der Waals surface area contributed by atoms with Gasteiger partial charge in [0.15, 0.2) is 0 Å². The van der Waals surface area contributed by atoms with Gasteiger partial charge in [0.25, 0.3) is 5.56 Å². The number of rotatable bonds is 5. The van der Waals surface area contributed by atoms with Gasteiger partial charge in [0, 0.05) is 7.05 Å². The summed E-state index contributed by atoms with van der Waals surface area (Å²) < 4.78 is 9.30. The first-order valence-corrected chi connectivity index (χ1v) is 11.7. The predicted molar refractivity (Wildman–Crippen MR) is 131 cm³/mol. The molecule has 33 heavy (non-hydrogen) atoms. The number of amides is 1. The largest absolute Gasteiger partial charge is 0.457 e. The van der Waals surface area contributed by atoms with Crippen LogP contribution >= 0.6 is 11.8 Å². The number of ether oxygens (including phenoxy) is 1. The Hall–Kier alpha value is -3.71. The summed E-state index contributed by atoms with van der Waals surface area (Å²) in [5.41, 5.74) is 2.67. The molecule has 2 heterocycles. The van der Waals surface area contributed by atoms with E-state index in [1.807, 2.05) is 98.9 Å². The smallest absolute Gasteiger partial charge is 0.295 e. The first-order chi connectivity index (χ1) is 16.0. The highest BCUT2D eigenvalue weighted by Crippen LogP contribution is 2.42. The molecule has 0 radical (unpaired) electrons. The zero-order valence-corrected chi connectivity index (χ0v) is 19.2. The summed E-state index contributed by atoms with van der Waals surface area (Å²) in [7, 11) is 1.84. The minimum Gasteiger partial charge on any atom is -0.457 e. The van der Waals surface area contributed by atoms with E-state index in [0.29, 0.717) is 17.2 Å². The molecule has 0 N–H and O–H groups in total. The Bertz CT molecular complexity index is 1350. The molecule has 4 aromatic rings. The van der Waals surface area contributed by atoms with Crippen LogP contribution in [0.2, 0.25) is 0 Å². The van der Waals surface area contributed by atoms with Gasteiger partial charge >= 0.3 is 0 Å². The van der Waals surface area contributed by atoms with Crippen LogP contribution < -0.4 is 15.2 Å². The molecule has 1 aliphatic rings. The van der Waals surface area contributed by atoms with Crippen molar-refractivity contribution in [3.8, 4) is 17.2 Å². The molecule has 1 saturated heterocycles. The second-order valence-corrected chi connectivity index (χ2v) is 8.89. The number of anilines is 1. The molecule has 1 amide bonds. The molecular weight excluding hydrogens is 434 g/mol. The van der Waals surface area contributed by atoms with Gasteiger partial charge in [-0.1, -0.05) is 48.5 Å². The Morgan fingerprint density at radius 3 is 2.12 bits per heavy atom. The molecule has 0 aliphatic carbocycles. The Kier molecular flexibility index (Phi) is 5.56. The van der Waals surface area contributed by atoms with E-state index < -0.39 is 0 Å². The van der Waals surface area contributed by atoms with Gasteiger partial charge in [-0.15, -0.1) is 11.8 Å². The van der Waals surface area contributed by atoms with Gasteiger partial charge in [-0.05, 0) is 48.9 Å². The third-order valence-electron chi connectivity index (χ3n) is 5.78. The van der Waals surface area contributed by atoms with Crippen LogP contribution in [0.4, 0.5) is 5.69 Å². The van der Waals surface area contributed by atoms with E-state index in [9.17, 15) is 9.59 Å². The minimum absolute atomic E-state index is 0.0689. The lowest BCUT2D eigenvalue weighted by Gasteiger charge is -2.23. The van der Waals surface area contributed by atoms with Crippen LogP contribution in [0, 0.1) is 6.92 Å². The summed E-state index contributed by atoms with van der Waals surface area (Å²) in [6, 6.07) is 26.7. The van der Waals surface area contributed by atoms with Crippen molar-refractivity contribution in [1.82, 2.24) is 9.36 Å². The van der Waals surface area contributed by atoms with Gasteiger partial charge in [0.1, 0.15) is 22.6 Å². The fourth-order valence-electron chi connectivity index (χ4n) is 4.07. The lowest BCUT2D eigenvalue weighted by molar-refractivity contribution is -0.115. The SMILES string of the molecule is Cc1c(N2C(=O)CS[C@H]2c2ccc(Oc3ccccc3)cc2)c(=O)n(-c2ccccc2)n1C. The number of nitrogens with zero attached hydrogens (tertiary/aromatic N) is 3. The van der Waals surface area contributed by atoms with E-state index in [2.05, 4.69) is 0 Å². The van der Waals surface area contributed by atoms with Gasteiger partial charge in [-0.3, -0.25) is 19.2 Å². The molecule has 3 aromatic carbocycles. The molecule has 5 rings (SSSR count). The van der Waals surface area contributed by atoms with Gasteiger partial charge < -0.3 is 4.74 Å². The normalized spacial score (nSPS) is 15.8. The Morgan fingerprint density at radius 2 is 1.45 bits per heavy atom. The van der Waals surface area contributed by atoms with Crippen molar-refractivity contribution in [2.45, 2.75) is 12.3 Å². The summed E-state index contributed by atoms with van der Waals surface area (Å²) in [6.07, 6.45) is 0. The Balaban J connectivity index is 1.49. The topological polar surface area (TPSA) is 56.5 Å². The van der Waals surface area contributed by atoms with Crippen LogP contribution in [0.15, 0.2) is 89.7 Å². The molecular formula is C26H23N3O3S. The average Bonchev–Trinajstić information content (AvgIpc) is 3.31. The molecule has 0 unspecified atom stereocenters. The first kappa shape index (κ1) is 21.2.